The van der Waals surface area contributed by atoms with Crippen molar-refractivity contribution >= 4 is 17.8 Å². The van der Waals surface area contributed by atoms with Gasteiger partial charge in [0.1, 0.15) is 11.7 Å². The van der Waals surface area contributed by atoms with Gasteiger partial charge >= 0.3 is 12.1 Å². The molecule has 0 bridgehead atoms. The van der Waals surface area contributed by atoms with Gasteiger partial charge in [-0.3, -0.25) is 9.59 Å². The molecule has 1 atom stereocenters. The first-order chi connectivity index (χ1) is 9.01. The lowest BCUT2D eigenvalue weighted by Crippen LogP contribution is -2.42. The number of ketones is 1. The number of hydrogen-bond donors (Lipinski definition) is 0. The fraction of sp³-hybridized carbons (Fsp3) is 0.769. The summed E-state index contributed by atoms with van der Waals surface area (Å²) in [5.41, 5.74) is 0. The Morgan fingerprint density at radius 3 is 2.32 bits per heavy atom. The number of carbonyl (C=O) groups excluding carboxylic acids is 3. The van der Waals surface area contributed by atoms with E-state index >= 15 is 0 Å². The highest BCUT2D eigenvalue weighted by Crippen LogP contribution is 2.22. The molecular weight excluding hydrogens is 250 g/mol. The molecule has 1 amide bonds. The number of amides is 1. The zero-order valence-electron chi connectivity index (χ0n) is 11.7. The fourth-order valence-corrected chi connectivity index (χ4v) is 2.21. The van der Waals surface area contributed by atoms with Gasteiger partial charge in [-0.2, -0.15) is 0 Å². The van der Waals surface area contributed by atoms with Crippen LogP contribution in [0.15, 0.2) is 0 Å². The van der Waals surface area contributed by atoms with Crippen LogP contribution in [0.3, 0.4) is 0 Å². The van der Waals surface area contributed by atoms with Crippen LogP contribution in [0, 0.1) is 11.8 Å². The number of ether oxygens (including phenoxy) is 2. The van der Waals surface area contributed by atoms with E-state index in [0.29, 0.717) is 25.9 Å². The molecule has 19 heavy (non-hydrogen) atoms. The molecule has 0 spiro atoms. The summed E-state index contributed by atoms with van der Waals surface area (Å²) in [6.45, 7) is 4.53. The number of esters is 1. The molecule has 1 saturated heterocycles. The van der Waals surface area contributed by atoms with E-state index in [9.17, 15) is 14.4 Å². The van der Waals surface area contributed by atoms with Gasteiger partial charge in [-0.15, -0.1) is 0 Å². The number of Topliss-reactive ketones (excluding diaryl/α,β-unsaturated/α-hetero) is 1. The average molecular weight is 271 g/mol. The van der Waals surface area contributed by atoms with Crippen molar-refractivity contribution in [2.24, 2.45) is 11.8 Å². The molecule has 0 saturated carbocycles. The lowest BCUT2D eigenvalue weighted by molar-refractivity contribution is -0.152. The number of nitrogens with zero attached hydrogens (tertiary/aromatic N) is 1. The van der Waals surface area contributed by atoms with Crippen LogP contribution in [0.5, 0.6) is 0 Å². The Balaban J connectivity index is 2.48. The number of rotatable bonds is 4. The monoisotopic (exact) mass is 271 g/mol. The highest BCUT2D eigenvalue weighted by molar-refractivity contribution is 5.99. The van der Waals surface area contributed by atoms with Crippen LogP contribution in [-0.2, 0) is 19.1 Å². The molecule has 1 aliphatic rings. The van der Waals surface area contributed by atoms with E-state index in [0.717, 1.165) is 0 Å². The first-order valence-corrected chi connectivity index (χ1v) is 6.54. The molecule has 0 aromatic rings. The quantitative estimate of drug-likeness (QED) is 0.568. The first-order valence-electron chi connectivity index (χ1n) is 6.54. The largest absolute Gasteiger partial charge is 0.465 e. The molecule has 1 rings (SSSR count). The standard InChI is InChI=1S/C13H21NO5/c1-4-19-12(16)9(2)11(15)10-5-7-14(8-6-10)13(17)18-3/h9-10H,4-8H2,1-3H3. The molecular formula is C13H21NO5. The number of methoxy groups -OCH3 is 1. The first kappa shape index (κ1) is 15.5. The molecule has 0 aliphatic carbocycles. The summed E-state index contributed by atoms with van der Waals surface area (Å²) < 4.78 is 9.48. The zero-order valence-corrected chi connectivity index (χ0v) is 11.7. The minimum atomic E-state index is -0.727. The SMILES string of the molecule is CCOC(=O)C(C)C(=O)C1CCN(C(=O)OC)CC1. The minimum absolute atomic E-state index is 0.0945. The molecule has 1 unspecified atom stereocenters. The smallest absolute Gasteiger partial charge is 0.409 e. The molecule has 0 radical (unpaired) electrons. The second kappa shape index (κ2) is 7.11. The molecule has 0 aromatic heterocycles. The Morgan fingerprint density at radius 1 is 1.26 bits per heavy atom. The maximum Gasteiger partial charge on any atom is 0.409 e. The molecule has 1 heterocycles. The molecule has 6 nitrogen and oxygen atoms in total. The minimum Gasteiger partial charge on any atom is -0.465 e. The average Bonchev–Trinajstić information content (AvgIpc) is 2.45. The van der Waals surface area contributed by atoms with Crippen LogP contribution in [0.25, 0.3) is 0 Å². The highest BCUT2D eigenvalue weighted by Gasteiger charge is 2.33. The van der Waals surface area contributed by atoms with Crippen molar-refractivity contribution in [3.63, 3.8) is 0 Å². The molecule has 108 valence electrons. The lowest BCUT2D eigenvalue weighted by atomic mass is 9.86. The van der Waals surface area contributed by atoms with Gasteiger partial charge in [0.05, 0.1) is 13.7 Å². The summed E-state index contributed by atoms with van der Waals surface area (Å²) in [6, 6.07) is 0. The molecule has 0 N–H and O–H groups in total. The number of likely N-dealkylation sites (tertiary alicyclic amines) is 1. The Kier molecular flexibility index (Phi) is 5.79. The van der Waals surface area contributed by atoms with Crippen LogP contribution in [-0.4, -0.2) is 49.6 Å². The van der Waals surface area contributed by atoms with Crippen molar-refractivity contribution in [1.29, 1.82) is 0 Å². The number of carbonyl (C=O) groups is 3. The number of hydrogen-bond acceptors (Lipinski definition) is 5. The predicted molar refractivity (Wildman–Crippen MR) is 67.5 cm³/mol. The fourth-order valence-electron chi connectivity index (χ4n) is 2.21. The van der Waals surface area contributed by atoms with Gasteiger partial charge < -0.3 is 14.4 Å². The van der Waals surface area contributed by atoms with E-state index in [1.165, 1.54) is 7.11 Å². The number of piperidine rings is 1. The van der Waals surface area contributed by atoms with E-state index in [4.69, 9.17) is 4.74 Å². The van der Waals surface area contributed by atoms with E-state index in [2.05, 4.69) is 4.74 Å². The molecule has 1 fully saturated rings. The summed E-state index contributed by atoms with van der Waals surface area (Å²) in [7, 11) is 1.34. The second-order valence-electron chi connectivity index (χ2n) is 4.61. The van der Waals surface area contributed by atoms with Crippen LogP contribution >= 0.6 is 0 Å². The van der Waals surface area contributed by atoms with Crippen LogP contribution in [0.1, 0.15) is 26.7 Å². The van der Waals surface area contributed by atoms with Crippen LogP contribution in [0.2, 0.25) is 0 Å². The van der Waals surface area contributed by atoms with Crippen LogP contribution < -0.4 is 0 Å². The van der Waals surface area contributed by atoms with Gasteiger partial charge in [-0.25, -0.2) is 4.79 Å². The second-order valence-corrected chi connectivity index (χ2v) is 4.61. The van der Waals surface area contributed by atoms with Crippen LogP contribution in [0.4, 0.5) is 4.79 Å². The molecule has 6 heteroatoms. The third-order valence-corrected chi connectivity index (χ3v) is 3.40. The van der Waals surface area contributed by atoms with Gasteiger partial charge in [-0.05, 0) is 26.7 Å². The maximum atomic E-state index is 12.1. The highest BCUT2D eigenvalue weighted by atomic mass is 16.5. The van der Waals surface area contributed by atoms with Gasteiger partial charge in [-0.1, -0.05) is 0 Å². The Labute approximate surface area is 113 Å². The van der Waals surface area contributed by atoms with Crippen molar-refractivity contribution in [3.8, 4) is 0 Å². The summed E-state index contributed by atoms with van der Waals surface area (Å²) in [6.07, 6.45) is 0.763. The summed E-state index contributed by atoms with van der Waals surface area (Å²) in [5.74, 6) is -1.47. The van der Waals surface area contributed by atoms with Crippen molar-refractivity contribution < 1.29 is 23.9 Å². The predicted octanol–water partition coefficient (Wildman–Crippen LogP) is 1.23. The van der Waals surface area contributed by atoms with E-state index in [-0.39, 0.29) is 24.4 Å². The maximum absolute atomic E-state index is 12.1. The van der Waals surface area contributed by atoms with Gasteiger partial charge in [0.15, 0.2) is 0 Å². The molecule has 1 aliphatic heterocycles. The van der Waals surface area contributed by atoms with E-state index < -0.39 is 11.9 Å². The summed E-state index contributed by atoms with van der Waals surface area (Å²) in [5, 5.41) is 0. The Hall–Kier alpha value is -1.59. The van der Waals surface area contributed by atoms with Crippen molar-refractivity contribution in [2.75, 3.05) is 26.8 Å². The topological polar surface area (TPSA) is 72.9 Å². The lowest BCUT2D eigenvalue weighted by Gasteiger charge is -2.30. The molecule has 0 aromatic carbocycles. The summed E-state index contributed by atoms with van der Waals surface area (Å²) in [4.78, 5) is 36.5. The van der Waals surface area contributed by atoms with Gasteiger partial charge in [0.25, 0.3) is 0 Å². The van der Waals surface area contributed by atoms with Crippen molar-refractivity contribution in [2.45, 2.75) is 26.7 Å². The Morgan fingerprint density at radius 2 is 1.84 bits per heavy atom. The Bertz CT molecular complexity index is 347. The zero-order chi connectivity index (χ0) is 14.4. The normalized spacial score (nSPS) is 17.7. The van der Waals surface area contributed by atoms with Crippen molar-refractivity contribution in [3.05, 3.63) is 0 Å². The van der Waals surface area contributed by atoms with E-state index in [1.807, 2.05) is 0 Å². The van der Waals surface area contributed by atoms with E-state index in [1.54, 1.807) is 18.7 Å². The third kappa shape index (κ3) is 3.94. The third-order valence-electron chi connectivity index (χ3n) is 3.40. The van der Waals surface area contributed by atoms with Gasteiger partial charge in [0, 0.05) is 19.0 Å². The van der Waals surface area contributed by atoms with Gasteiger partial charge in [0.2, 0.25) is 0 Å². The summed E-state index contributed by atoms with van der Waals surface area (Å²) >= 11 is 0. The van der Waals surface area contributed by atoms with Crippen molar-refractivity contribution in [1.82, 2.24) is 4.90 Å².